The van der Waals surface area contributed by atoms with E-state index in [1.807, 2.05) is 30.3 Å². The summed E-state index contributed by atoms with van der Waals surface area (Å²) >= 11 is 0. The molecule has 2 saturated carbocycles. The van der Waals surface area contributed by atoms with Crippen LogP contribution in [0.1, 0.15) is 30.4 Å². The molecule has 0 aromatic heterocycles. The van der Waals surface area contributed by atoms with E-state index in [0.717, 1.165) is 11.1 Å². The van der Waals surface area contributed by atoms with Crippen LogP contribution in [-0.2, 0) is 20.8 Å². The number of hydrogen-bond donors (Lipinski definition) is 0. The highest BCUT2D eigenvalue weighted by Crippen LogP contribution is 2.43. The molecule has 0 aliphatic heterocycles. The molecule has 0 amide bonds. The summed E-state index contributed by atoms with van der Waals surface area (Å²) in [5, 5.41) is 0. The largest absolute Gasteiger partial charge is 0.300 e. The second-order valence-electron chi connectivity index (χ2n) is 6.32. The number of benzene rings is 1. The zero-order valence-electron chi connectivity index (χ0n) is 11.7. The molecular formula is C18H16O3. The maximum Gasteiger partial charge on any atom is 0.163 e. The monoisotopic (exact) mass is 280 g/mol. The number of ketones is 3. The van der Waals surface area contributed by atoms with Gasteiger partial charge < -0.3 is 0 Å². The molecule has 0 spiro atoms. The van der Waals surface area contributed by atoms with E-state index >= 15 is 0 Å². The molecule has 3 unspecified atom stereocenters. The van der Waals surface area contributed by atoms with E-state index in [1.165, 1.54) is 0 Å². The van der Waals surface area contributed by atoms with Gasteiger partial charge in [-0.1, -0.05) is 24.3 Å². The van der Waals surface area contributed by atoms with Gasteiger partial charge in [-0.25, -0.2) is 0 Å². The molecule has 3 nitrogen and oxygen atoms in total. The number of fused-ring (bicyclic) bond motifs is 3. The maximum absolute atomic E-state index is 12.8. The predicted octanol–water partition coefficient (Wildman–Crippen LogP) is 2.38. The highest BCUT2D eigenvalue weighted by molar-refractivity contribution is 6.14. The Kier molecular flexibility index (Phi) is 2.71. The summed E-state index contributed by atoms with van der Waals surface area (Å²) in [6.07, 6.45) is 3.76. The Labute approximate surface area is 123 Å². The minimum Gasteiger partial charge on any atom is -0.300 e. The summed E-state index contributed by atoms with van der Waals surface area (Å²) in [6, 6.07) is 7.92. The van der Waals surface area contributed by atoms with Crippen LogP contribution in [0.3, 0.4) is 0 Å². The normalized spacial score (nSPS) is 31.1. The molecule has 0 bridgehead atoms. The molecule has 106 valence electrons. The Morgan fingerprint density at radius 1 is 0.952 bits per heavy atom. The Hall–Kier alpha value is -2.03. The minimum atomic E-state index is -0.397. The molecule has 0 radical (unpaired) electrons. The lowest BCUT2D eigenvalue weighted by molar-refractivity contribution is -0.142. The molecule has 21 heavy (non-hydrogen) atoms. The zero-order chi connectivity index (χ0) is 14.6. The smallest absolute Gasteiger partial charge is 0.163 e. The van der Waals surface area contributed by atoms with Crippen LogP contribution in [0.25, 0.3) is 6.08 Å². The van der Waals surface area contributed by atoms with Crippen molar-refractivity contribution in [2.75, 3.05) is 0 Å². The molecule has 3 atom stereocenters. The summed E-state index contributed by atoms with van der Waals surface area (Å²) in [5.74, 6) is -0.594. The van der Waals surface area contributed by atoms with Crippen molar-refractivity contribution < 1.29 is 14.4 Å². The van der Waals surface area contributed by atoms with Gasteiger partial charge in [-0.2, -0.15) is 0 Å². The number of hydrogen-bond acceptors (Lipinski definition) is 3. The molecule has 1 aromatic rings. The van der Waals surface area contributed by atoms with Crippen molar-refractivity contribution in [1.29, 1.82) is 0 Å². The summed E-state index contributed by atoms with van der Waals surface area (Å²) < 4.78 is 0. The molecular weight excluding hydrogens is 264 g/mol. The van der Waals surface area contributed by atoms with Crippen LogP contribution >= 0.6 is 0 Å². The third-order valence-corrected chi connectivity index (χ3v) is 5.16. The standard InChI is InChI=1S/C18H16O3/c19-12-5-6-13-16(9-12)18(21)15-8-11-4-2-1-3-10(11)7-14(15)17(13)20/h1-4,8,13-14,16H,5-7,9H2. The third kappa shape index (κ3) is 1.84. The van der Waals surface area contributed by atoms with Gasteiger partial charge in [0.25, 0.3) is 0 Å². The highest BCUT2D eigenvalue weighted by Gasteiger charge is 2.49. The summed E-state index contributed by atoms with van der Waals surface area (Å²) in [7, 11) is 0. The van der Waals surface area contributed by atoms with Crippen molar-refractivity contribution in [3.05, 3.63) is 41.0 Å². The van der Waals surface area contributed by atoms with Gasteiger partial charge in [-0.15, -0.1) is 0 Å². The van der Waals surface area contributed by atoms with E-state index < -0.39 is 5.92 Å². The first-order chi connectivity index (χ1) is 10.1. The quantitative estimate of drug-likeness (QED) is 0.733. The lowest BCUT2D eigenvalue weighted by atomic mass is 9.61. The van der Waals surface area contributed by atoms with Crippen molar-refractivity contribution in [2.45, 2.75) is 25.7 Å². The van der Waals surface area contributed by atoms with Gasteiger partial charge in [-0.05, 0) is 30.0 Å². The first-order valence-electron chi connectivity index (χ1n) is 7.54. The van der Waals surface area contributed by atoms with Gasteiger partial charge in [0.1, 0.15) is 11.6 Å². The van der Waals surface area contributed by atoms with Gasteiger partial charge in [0.05, 0.1) is 5.92 Å². The maximum atomic E-state index is 12.8. The van der Waals surface area contributed by atoms with Crippen molar-refractivity contribution >= 4 is 23.4 Å². The van der Waals surface area contributed by atoms with Crippen molar-refractivity contribution in [1.82, 2.24) is 0 Å². The summed E-state index contributed by atoms with van der Waals surface area (Å²) in [5.41, 5.74) is 2.80. The highest BCUT2D eigenvalue weighted by atomic mass is 16.1. The molecule has 3 aliphatic carbocycles. The Morgan fingerprint density at radius 3 is 2.62 bits per heavy atom. The van der Waals surface area contributed by atoms with Crippen molar-refractivity contribution in [2.24, 2.45) is 17.8 Å². The molecule has 1 aromatic carbocycles. The second-order valence-corrected chi connectivity index (χ2v) is 6.32. The van der Waals surface area contributed by atoms with E-state index in [0.29, 0.717) is 24.8 Å². The number of carbonyl (C=O) groups excluding carboxylic acids is 3. The van der Waals surface area contributed by atoms with E-state index in [4.69, 9.17) is 0 Å². The fraction of sp³-hybridized carbons (Fsp3) is 0.389. The fourth-order valence-corrected chi connectivity index (χ4v) is 4.05. The van der Waals surface area contributed by atoms with Gasteiger partial charge in [0, 0.05) is 30.3 Å². The van der Waals surface area contributed by atoms with Crippen LogP contribution in [0.2, 0.25) is 0 Å². The summed E-state index contributed by atoms with van der Waals surface area (Å²) in [4.78, 5) is 37.1. The van der Waals surface area contributed by atoms with Gasteiger partial charge >= 0.3 is 0 Å². The molecule has 0 heterocycles. The molecule has 0 saturated heterocycles. The Morgan fingerprint density at radius 2 is 1.76 bits per heavy atom. The zero-order valence-corrected chi connectivity index (χ0v) is 11.7. The molecule has 3 heteroatoms. The third-order valence-electron chi connectivity index (χ3n) is 5.16. The fourth-order valence-electron chi connectivity index (χ4n) is 4.05. The van der Waals surface area contributed by atoms with Crippen LogP contribution in [0.5, 0.6) is 0 Å². The van der Waals surface area contributed by atoms with E-state index in [1.54, 1.807) is 0 Å². The first-order valence-corrected chi connectivity index (χ1v) is 7.54. The number of rotatable bonds is 0. The van der Waals surface area contributed by atoms with Gasteiger partial charge in [-0.3, -0.25) is 14.4 Å². The number of allylic oxidation sites excluding steroid dienone is 1. The van der Waals surface area contributed by atoms with E-state index in [2.05, 4.69) is 0 Å². The number of Topliss-reactive ketones (excluding diaryl/α,β-unsaturated/α-hetero) is 3. The molecule has 4 rings (SSSR count). The van der Waals surface area contributed by atoms with Crippen LogP contribution in [0, 0.1) is 17.8 Å². The van der Waals surface area contributed by atoms with Gasteiger partial charge in [0.15, 0.2) is 5.78 Å². The van der Waals surface area contributed by atoms with Crippen LogP contribution in [0.4, 0.5) is 0 Å². The lowest BCUT2D eigenvalue weighted by Crippen LogP contribution is -2.47. The lowest BCUT2D eigenvalue weighted by Gasteiger charge is -2.39. The van der Waals surface area contributed by atoms with E-state index in [9.17, 15) is 14.4 Å². The molecule has 0 N–H and O–H groups in total. The molecule has 3 aliphatic rings. The molecule has 2 fully saturated rings. The second kappa shape index (κ2) is 4.48. The van der Waals surface area contributed by atoms with E-state index in [-0.39, 0.29) is 35.6 Å². The van der Waals surface area contributed by atoms with Crippen LogP contribution in [-0.4, -0.2) is 17.3 Å². The average Bonchev–Trinajstić information content (AvgIpc) is 2.51. The van der Waals surface area contributed by atoms with Gasteiger partial charge in [0.2, 0.25) is 0 Å². The summed E-state index contributed by atoms with van der Waals surface area (Å²) in [6.45, 7) is 0. The SMILES string of the molecule is O=C1CCC2C(=O)C3Cc4ccccc4C=C3C(=O)C2C1. The van der Waals surface area contributed by atoms with Crippen molar-refractivity contribution in [3.8, 4) is 0 Å². The Bertz CT molecular complexity index is 698. The van der Waals surface area contributed by atoms with Crippen molar-refractivity contribution in [3.63, 3.8) is 0 Å². The Balaban J connectivity index is 1.79. The first kappa shape index (κ1) is 12.7. The minimum absolute atomic E-state index is 0.0344. The topological polar surface area (TPSA) is 51.2 Å². The predicted molar refractivity (Wildman–Crippen MR) is 77.5 cm³/mol. The average molecular weight is 280 g/mol. The van der Waals surface area contributed by atoms with Crippen LogP contribution in [0.15, 0.2) is 29.8 Å². The van der Waals surface area contributed by atoms with Crippen LogP contribution < -0.4 is 0 Å². The number of carbonyl (C=O) groups is 3.